The summed E-state index contributed by atoms with van der Waals surface area (Å²) in [6, 6.07) is 10.6. The van der Waals surface area contributed by atoms with Crippen LogP contribution in [0, 0.1) is 0 Å². The molecule has 4 amide bonds. The van der Waals surface area contributed by atoms with Crippen LogP contribution in [-0.2, 0) is 14.4 Å². The number of carboxylic acids is 1. The zero-order chi connectivity index (χ0) is 35.1. The molecular weight excluding hydrogens is 644 g/mol. The van der Waals surface area contributed by atoms with Crippen LogP contribution >= 0.6 is 12.6 Å². The maximum absolute atomic E-state index is 13.0. The van der Waals surface area contributed by atoms with E-state index in [1.807, 2.05) is 0 Å². The fraction of sp³-hybridized carbons (Fsp3) is 0.250. The maximum atomic E-state index is 13.0. The van der Waals surface area contributed by atoms with E-state index in [1.165, 1.54) is 48.5 Å². The van der Waals surface area contributed by atoms with Crippen molar-refractivity contribution in [1.82, 2.24) is 15.6 Å². The van der Waals surface area contributed by atoms with Crippen LogP contribution in [0.3, 0.4) is 0 Å². The molecule has 0 saturated carbocycles. The van der Waals surface area contributed by atoms with Crippen LogP contribution in [-0.4, -0.2) is 75.7 Å². The van der Waals surface area contributed by atoms with Gasteiger partial charge in [-0.2, -0.15) is 12.6 Å². The molecule has 10 N–H and O–H groups in total. The molecule has 2 aromatic rings. The predicted octanol–water partition coefficient (Wildman–Crippen LogP) is 0.798. The average molecular weight is 679 g/mol. The Kier molecular flexibility index (Phi) is 11.4. The molecule has 15 nitrogen and oxygen atoms in total. The first kappa shape index (κ1) is 35.4. The van der Waals surface area contributed by atoms with E-state index in [0.717, 1.165) is 0 Å². The van der Waals surface area contributed by atoms with E-state index < -0.39 is 48.2 Å². The zero-order valence-electron chi connectivity index (χ0n) is 25.5. The molecule has 0 unspecified atom stereocenters. The second-order valence-corrected chi connectivity index (χ2v) is 11.2. The van der Waals surface area contributed by atoms with Gasteiger partial charge in [0.1, 0.15) is 23.1 Å². The molecule has 16 heteroatoms. The molecule has 2 aliphatic rings. The van der Waals surface area contributed by atoms with E-state index in [-0.39, 0.29) is 57.9 Å². The number of nitrogens with one attached hydrogen (secondary N) is 2. The number of unbranched alkanes of at least 4 members (excludes halogenated alkanes) is 1. The number of thiol groups is 1. The summed E-state index contributed by atoms with van der Waals surface area (Å²) in [5.74, 6) is 1.89. The van der Waals surface area contributed by atoms with Gasteiger partial charge in [-0.25, -0.2) is 10.6 Å². The standard InChI is InChI=1S/C32H34N6O9S/c33-23(15-48)31(44)37-14-27(41)38(35)24(29(34)42)3-1-2-10-36-30(43)16-4-7-19(22(11-16)32(45)46)28-20-8-5-17(39)12-25(20)47-26-13-18(40)6-9-21(26)28/h4-9,11-13,23-24,39,48H,1-3,10,14-15,33,35H2,(H2,34,42)(H,36,43)(H,37,44)(H,45,46)/t23-,24-/m0/s1. The van der Waals surface area contributed by atoms with E-state index >= 15 is 0 Å². The third-order valence-corrected chi connectivity index (χ3v) is 7.94. The van der Waals surface area contributed by atoms with Crippen molar-refractivity contribution in [3.8, 4) is 28.2 Å². The lowest BCUT2D eigenvalue weighted by atomic mass is 9.90. The Morgan fingerprint density at radius 2 is 1.69 bits per heavy atom. The average Bonchev–Trinajstić information content (AvgIpc) is 3.06. The number of hydrogen-bond acceptors (Lipinski definition) is 11. The van der Waals surface area contributed by atoms with Crippen LogP contribution in [0.15, 0.2) is 63.8 Å². The second-order valence-electron chi connectivity index (χ2n) is 10.9. The molecule has 0 saturated heterocycles. The highest BCUT2D eigenvalue weighted by Crippen LogP contribution is 2.42. The summed E-state index contributed by atoms with van der Waals surface area (Å²) in [7, 11) is 0. The Balaban J connectivity index is 1.44. The third-order valence-electron chi connectivity index (χ3n) is 7.55. The first-order valence-corrected chi connectivity index (χ1v) is 15.3. The van der Waals surface area contributed by atoms with E-state index in [4.69, 9.17) is 21.7 Å². The highest BCUT2D eigenvalue weighted by Gasteiger charge is 2.27. The number of hydrogen-bond donors (Lipinski definition) is 8. The van der Waals surface area contributed by atoms with Crippen LogP contribution in [0.1, 0.15) is 40.0 Å². The van der Waals surface area contributed by atoms with Crippen molar-refractivity contribution in [2.75, 3.05) is 18.8 Å². The number of fused-ring (bicyclic) bond motifs is 2. The largest absolute Gasteiger partial charge is 0.508 e. The van der Waals surface area contributed by atoms with Crippen molar-refractivity contribution in [3.05, 3.63) is 75.9 Å². The SMILES string of the molecule is NC(=O)[C@H](CCCCNC(=O)c1ccc(-c2c3ccc(=O)cc-3oc3cc(O)ccc23)c(C(=O)O)c1)N(N)C(=O)CNC(=O)[C@@H](N)CS. The number of carbonyl (C=O) groups is 5. The molecule has 0 radical (unpaired) electrons. The minimum atomic E-state index is -1.30. The smallest absolute Gasteiger partial charge is 0.336 e. The van der Waals surface area contributed by atoms with Crippen molar-refractivity contribution in [3.63, 3.8) is 0 Å². The number of amides is 4. The number of benzene rings is 3. The lowest BCUT2D eigenvalue weighted by molar-refractivity contribution is -0.140. The molecule has 0 fully saturated rings. The van der Waals surface area contributed by atoms with Crippen LogP contribution < -0.4 is 33.4 Å². The Labute approximate surface area is 278 Å². The number of hydrazine groups is 1. The number of carboxylic acid groups (broad SMARTS) is 1. The van der Waals surface area contributed by atoms with Crippen molar-refractivity contribution >= 4 is 53.2 Å². The Morgan fingerprint density at radius 1 is 0.958 bits per heavy atom. The van der Waals surface area contributed by atoms with Crippen LogP contribution in [0.25, 0.3) is 33.4 Å². The van der Waals surface area contributed by atoms with Gasteiger partial charge in [-0.1, -0.05) is 6.07 Å². The minimum absolute atomic E-state index is 0.0655. The molecular formula is C32H34N6O9S. The van der Waals surface area contributed by atoms with Gasteiger partial charge in [-0.3, -0.25) is 29.0 Å². The highest BCUT2D eigenvalue weighted by molar-refractivity contribution is 7.80. The first-order chi connectivity index (χ1) is 22.8. The minimum Gasteiger partial charge on any atom is -0.508 e. The Hall–Kier alpha value is -5.45. The number of phenols is 1. The summed E-state index contributed by atoms with van der Waals surface area (Å²) in [6.07, 6.45) is 0.756. The van der Waals surface area contributed by atoms with Gasteiger partial charge in [0, 0.05) is 46.5 Å². The molecule has 1 heterocycles. The molecule has 1 aliphatic carbocycles. The number of rotatable bonds is 14. The molecule has 1 aliphatic heterocycles. The summed E-state index contributed by atoms with van der Waals surface area (Å²) < 4.78 is 5.83. The van der Waals surface area contributed by atoms with Gasteiger partial charge < -0.3 is 36.7 Å². The van der Waals surface area contributed by atoms with Crippen LogP contribution in [0.4, 0.5) is 0 Å². The van der Waals surface area contributed by atoms with E-state index in [1.54, 1.807) is 6.07 Å². The molecule has 0 aromatic heterocycles. The highest BCUT2D eigenvalue weighted by atomic mass is 32.1. The Morgan fingerprint density at radius 3 is 2.38 bits per heavy atom. The second kappa shape index (κ2) is 15.4. The summed E-state index contributed by atoms with van der Waals surface area (Å²) in [5, 5.41) is 26.3. The molecule has 2 aromatic carbocycles. The number of phenolic OH excluding ortho intramolecular Hbond substituents is 1. The van der Waals surface area contributed by atoms with Gasteiger partial charge in [0.2, 0.25) is 11.8 Å². The number of aromatic hydroxyl groups is 1. The van der Waals surface area contributed by atoms with E-state index in [2.05, 4.69) is 23.3 Å². The lowest BCUT2D eigenvalue weighted by Crippen LogP contribution is -2.55. The van der Waals surface area contributed by atoms with E-state index in [0.29, 0.717) is 34.4 Å². The van der Waals surface area contributed by atoms with Gasteiger partial charge in [-0.05, 0) is 61.2 Å². The van der Waals surface area contributed by atoms with Crippen LogP contribution in [0.5, 0.6) is 5.75 Å². The summed E-state index contributed by atoms with van der Waals surface area (Å²) in [4.78, 5) is 73.6. The van der Waals surface area contributed by atoms with Crippen molar-refractivity contribution in [2.45, 2.75) is 31.3 Å². The van der Waals surface area contributed by atoms with Gasteiger partial charge in [0.15, 0.2) is 5.43 Å². The van der Waals surface area contributed by atoms with Crippen molar-refractivity contribution < 1.29 is 38.6 Å². The van der Waals surface area contributed by atoms with Crippen LogP contribution in [0.2, 0.25) is 0 Å². The molecule has 4 rings (SSSR count). The monoisotopic (exact) mass is 678 g/mol. The number of primary amides is 1. The molecule has 0 spiro atoms. The summed E-state index contributed by atoms with van der Waals surface area (Å²) in [6.45, 7) is -0.356. The fourth-order valence-corrected chi connectivity index (χ4v) is 5.22. The number of aromatic carboxylic acids is 1. The number of carbonyl (C=O) groups excluding carboxylic acids is 4. The van der Waals surface area contributed by atoms with E-state index in [9.17, 15) is 39.0 Å². The summed E-state index contributed by atoms with van der Waals surface area (Å²) in [5.41, 5.74) is 11.9. The maximum Gasteiger partial charge on any atom is 0.336 e. The fourth-order valence-electron chi connectivity index (χ4n) is 5.06. The quantitative estimate of drug-likeness (QED) is 0.0231. The molecule has 252 valence electrons. The first-order valence-electron chi connectivity index (χ1n) is 14.7. The molecule has 2 atom stereocenters. The number of nitrogens with zero attached hydrogens (tertiary/aromatic N) is 1. The van der Waals surface area contributed by atoms with Gasteiger partial charge >= 0.3 is 5.97 Å². The van der Waals surface area contributed by atoms with Gasteiger partial charge in [-0.15, -0.1) is 0 Å². The lowest BCUT2D eigenvalue weighted by Gasteiger charge is -2.25. The predicted molar refractivity (Wildman–Crippen MR) is 178 cm³/mol. The van der Waals surface area contributed by atoms with Gasteiger partial charge in [0.25, 0.3) is 11.8 Å². The molecule has 48 heavy (non-hydrogen) atoms. The normalized spacial score (nSPS) is 12.3. The Bertz CT molecular complexity index is 1910. The topological polar surface area (TPSA) is 261 Å². The number of nitrogens with two attached hydrogens (primary N) is 3. The van der Waals surface area contributed by atoms with Gasteiger partial charge in [0.05, 0.1) is 18.2 Å². The van der Waals surface area contributed by atoms with Crippen molar-refractivity contribution in [2.24, 2.45) is 17.3 Å². The zero-order valence-corrected chi connectivity index (χ0v) is 26.4. The summed E-state index contributed by atoms with van der Waals surface area (Å²) >= 11 is 3.91. The third kappa shape index (κ3) is 8.09. The molecule has 0 bridgehead atoms. The van der Waals surface area contributed by atoms with Crippen molar-refractivity contribution in [1.29, 1.82) is 0 Å².